The molecule has 2 aromatic rings. The molecule has 0 heterocycles. The number of amides is 1. The number of nitrogens with zero attached hydrogens (tertiary/aromatic N) is 1. The first kappa shape index (κ1) is 19.4. The van der Waals surface area contributed by atoms with Crippen molar-refractivity contribution in [2.45, 2.75) is 13.5 Å². The third-order valence-corrected chi connectivity index (χ3v) is 3.81. The molecular weight excluding hydrogens is 334 g/mol. The van der Waals surface area contributed by atoms with Crippen molar-refractivity contribution in [1.29, 1.82) is 0 Å². The summed E-state index contributed by atoms with van der Waals surface area (Å²) in [5.74, 6) is 2.52. The Hall–Kier alpha value is -2.89. The maximum Gasteiger partial charge on any atom is 0.260 e. The summed E-state index contributed by atoms with van der Waals surface area (Å²) in [6, 6.07) is 12.8. The van der Waals surface area contributed by atoms with Crippen LogP contribution in [0.5, 0.6) is 23.0 Å². The lowest BCUT2D eigenvalue weighted by Gasteiger charge is -2.20. The van der Waals surface area contributed by atoms with Gasteiger partial charge >= 0.3 is 0 Å². The molecule has 140 valence electrons. The predicted octanol–water partition coefficient (Wildman–Crippen LogP) is 3.14. The van der Waals surface area contributed by atoms with E-state index in [1.54, 1.807) is 38.3 Å². The molecule has 0 N–H and O–H groups in total. The lowest BCUT2D eigenvalue weighted by molar-refractivity contribution is -0.132. The van der Waals surface area contributed by atoms with Gasteiger partial charge in [0.1, 0.15) is 11.5 Å². The van der Waals surface area contributed by atoms with Crippen LogP contribution in [-0.4, -0.2) is 45.3 Å². The smallest absolute Gasteiger partial charge is 0.260 e. The molecule has 0 saturated heterocycles. The van der Waals surface area contributed by atoms with Crippen molar-refractivity contribution >= 4 is 5.91 Å². The Morgan fingerprint density at radius 1 is 0.962 bits per heavy atom. The van der Waals surface area contributed by atoms with Crippen LogP contribution in [-0.2, 0) is 11.3 Å². The van der Waals surface area contributed by atoms with Gasteiger partial charge in [-0.05, 0) is 37.3 Å². The van der Waals surface area contributed by atoms with Crippen LogP contribution < -0.4 is 18.9 Å². The highest BCUT2D eigenvalue weighted by Gasteiger charge is 2.15. The molecule has 0 unspecified atom stereocenters. The minimum atomic E-state index is -0.135. The van der Waals surface area contributed by atoms with Crippen LogP contribution in [0.2, 0.25) is 0 Å². The summed E-state index contributed by atoms with van der Waals surface area (Å²) in [5.41, 5.74) is 0.865. The summed E-state index contributed by atoms with van der Waals surface area (Å²) < 4.78 is 21.6. The third-order valence-electron chi connectivity index (χ3n) is 3.81. The SMILES string of the molecule is CCOc1ccc(OCC(=O)N(C)Cc2cccc(OC)c2OC)cc1. The van der Waals surface area contributed by atoms with Gasteiger partial charge < -0.3 is 23.8 Å². The molecule has 0 spiro atoms. The lowest BCUT2D eigenvalue weighted by Crippen LogP contribution is -2.31. The van der Waals surface area contributed by atoms with E-state index >= 15 is 0 Å². The quantitative estimate of drug-likeness (QED) is 0.688. The first-order valence-corrected chi connectivity index (χ1v) is 8.38. The van der Waals surface area contributed by atoms with E-state index in [0.717, 1.165) is 11.3 Å². The largest absolute Gasteiger partial charge is 0.494 e. The molecule has 6 nitrogen and oxygen atoms in total. The van der Waals surface area contributed by atoms with E-state index < -0.39 is 0 Å². The lowest BCUT2D eigenvalue weighted by atomic mass is 10.1. The topological polar surface area (TPSA) is 57.2 Å². The molecule has 0 aliphatic carbocycles. The Morgan fingerprint density at radius 2 is 1.62 bits per heavy atom. The number of carbonyl (C=O) groups excluding carboxylic acids is 1. The van der Waals surface area contributed by atoms with Gasteiger partial charge in [0, 0.05) is 19.2 Å². The maximum atomic E-state index is 12.3. The molecule has 0 aliphatic rings. The van der Waals surface area contributed by atoms with E-state index in [2.05, 4.69) is 0 Å². The Kier molecular flexibility index (Phi) is 7.14. The van der Waals surface area contributed by atoms with E-state index in [1.165, 1.54) is 0 Å². The van der Waals surface area contributed by atoms with Crippen molar-refractivity contribution in [2.24, 2.45) is 0 Å². The highest BCUT2D eigenvalue weighted by atomic mass is 16.5. The summed E-state index contributed by atoms with van der Waals surface area (Å²) in [6.45, 7) is 2.88. The molecule has 2 rings (SSSR count). The van der Waals surface area contributed by atoms with Crippen LogP contribution >= 0.6 is 0 Å². The number of ether oxygens (including phenoxy) is 4. The van der Waals surface area contributed by atoms with Crippen LogP contribution in [0.25, 0.3) is 0 Å². The standard InChI is InChI=1S/C20H25NO5/c1-5-25-16-9-11-17(12-10-16)26-14-19(22)21(2)13-15-7-6-8-18(23-3)20(15)24-4/h6-12H,5,13-14H2,1-4H3. The van der Waals surface area contributed by atoms with Gasteiger partial charge in [0.05, 0.1) is 20.8 Å². The second kappa shape index (κ2) is 9.56. The number of hydrogen-bond acceptors (Lipinski definition) is 5. The van der Waals surface area contributed by atoms with Gasteiger partial charge in [0.25, 0.3) is 5.91 Å². The molecule has 0 saturated carbocycles. The van der Waals surface area contributed by atoms with Gasteiger partial charge in [0.2, 0.25) is 0 Å². The first-order chi connectivity index (χ1) is 12.6. The summed E-state index contributed by atoms with van der Waals surface area (Å²) in [4.78, 5) is 13.9. The molecule has 0 bridgehead atoms. The highest BCUT2D eigenvalue weighted by Crippen LogP contribution is 2.31. The first-order valence-electron chi connectivity index (χ1n) is 8.38. The third kappa shape index (κ3) is 5.05. The van der Waals surface area contributed by atoms with Gasteiger partial charge in [-0.25, -0.2) is 0 Å². The fraction of sp³-hybridized carbons (Fsp3) is 0.350. The number of methoxy groups -OCH3 is 2. The molecular formula is C20H25NO5. The molecule has 0 radical (unpaired) electrons. The van der Waals surface area contributed by atoms with Crippen molar-refractivity contribution in [3.8, 4) is 23.0 Å². The van der Waals surface area contributed by atoms with E-state index in [0.29, 0.717) is 30.4 Å². The summed E-state index contributed by atoms with van der Waals surface area (Å²) >= 11 is 0. The molecule has 0 aliphatic heterocycles. The van der Waals surface area contributed by atoms with Crippen LogP contribution in [0.15, 0.2) is 42.5 Å². The zero-order valence-corrected chi connectivity index (χ0v) is 15.7. The number of likely N-dealkylation sites (N-methyl/N-ethyl adjacent to an activating group) is 1. The van der Waals surface area contributed by atoms with Crippen molar-refractivity contribution in [1.82, 2.24) is 4.90 Å². The Morgan fingerprint density at radius 3 is 2.19 bits per heavy atom. The van der Waals surface area contributed by atoms with Gasteiger partial charge in [0.15, 0.2) is 18.1 Å². The summed E-state index contributed by atoms with van der Waals surface area (Å²) in [7, 11) is 4.89. The fourth-order valence-corrected chi connectivity index (χ4v) is 2.48. The average molecular weight is 359 g/mol. The van der Waals surface area contributed by atoms with Crippen molar-refractivity contribution in [2.75, 3.05) is 34.5 Å². The van der Waals surface area contributed by atoms with E-state index in [9.17, 15) is 4.79 Å². The molecule has 26 heavy (non-hydrogen) atoms. The van der Waals surface area contributed by atoms with Crippen LogP contribution in [0, 0.1) is 0 Å². The number of benzene rings is 2. The minimum Gasteiger partial charge on any atom is -0.494 e. The minimum absolute atomic E-state index is 0.0449. The van der Waals surface area contributed by atoms with Crippen molar-refractivity contribution < 1.29 is 23.7 Å². The number of carbonyl (C=O) groups is 1. The van der Waals surface area contributed by atoms with Gasteiger partial charge in [-0.15, -0.1) is 0 Å². The van der Waals surface area contributed by atoms with E-state index in [-0.39, 0.29) is 12.5 Å². The highest BCUT2D eigenvalue weighted by molar-refractivity contribution is 5.77. The predicted molar refractivity (Wildman–Crippen MR) is 99.1 cm³/mol. The molecule has 0 aromatic heterocycles. The number of hydrogen-bond donors (Lipinski definition) is 0. The van der Waals surface area contributed by atoms with Gasteiger partial charge in [-0.2, -0.15) is 0 Å². The van der Waals surface area contributed by atoms with Crippen LogP contribution in [0.1, 0.15) is 12.5 Å². The normalized spacial score (nSPS) is 10.2. The average Bonchev–Trinajstić information content (AvgIpc) is 2.67. The van der Waals surface area contributed by atoms with Gasteiger partial charge in [-0.3, -0.25) is 4.79 Å². The molecule has 6 heteroatoms. The maximum absolute atomic E-state index is 12.3. The molecule has 1 amide bonds. The molecule has 2 aromatic carbocycles. The molecule has 0 fully saturated rings. The Labute approximate surface area is 154 Å². The number of para-hydroxylation sites is 1. The molecule has 0 atom stereocenters. The second-order valence-electron chi connectivity index (χ2n) is 5.60. The van der Waals surface area contributed by atoms with E-state index in [4.69, 9.17) is 18.9 Å². The monoisotopic (exact) mass is 359 g/mol. The van der Waals surface area contributed by atoms with Crippen molar-refractivity contribution in [3.05, 3.63) is 48.0 Å². The van der Waals surface area contributed by atoms with Gasteiger partial charge in [-0.1, -0.05) is 12.1 Å². The van der Waals surface area contributed by atoms with Crippen LogP contribution in [0.3, 0.4) is 0 Å². The van der Waals surface area contributed by atoms with Crippen molar-refractivity contribution in [3.63, 3.8) is 0 Å². The summed E-state index contributed by atoms with van der Waals surface area (Å²) in [6.07, 6.45) is 0. The Balaban J connectivity index is 1.93. The second-order valence-corrected chi connectivity index (χ2v) is 5.60. The van der Waals surface area contributed by atoms with Crippen LogP contribution in [0.4, 0.5) is 0 Å². The fourth-order valence-electron chi connectivity index (χ4n) is 2.48. The number of rotatable bonds is 9. The Bertz CT molecular complexity index is 715. The zero-order chi connectivity index (χ0) is 18.9. The van der Waals surface area contributed by atoms with E-state index in [1.807, 2.05) is 37.3 Å². The summed E-state index contributed by atoms with van der Waals surface area (Å²) in [5, 5.41) is 0. The zero-order valence-electron chi connectivity index (χ0n) is 15.7.